The summed E-state index contributed by atoms with van der Waals surface area (Å²) in [6, 6.07) is 16.5. The van der Waals surface area contributed by atoms with Crippen LogP contribution in [0.15, 0.2) is 69.5 Å². The van der Waals surface area contributed by atoms with E-state index < -0.39 is 5.91 Å². The van der Waals surface area contributed by atoms with Crippen molar-refractivity contribution < 1.29 is 18.7 Å². The van der Waals surface area contributed by atoms with E-state index >= 15 is 0 Å². The van der Waals surface area contributed by atoms with Gasteiger partial charge in [-0.15, -0.1) is 0 Å². The van der Waals surface area contributed by atoms with Crippen LogP contribution in [0.3, 0.4) is 0 Å². The molecule has 2 aromatic carbocycles. The van der Waals surface area contributed by atoms with Gasteiger partial charge >= 0.3 is 0 Å². The second-order valence-electron chi connectivity index (χ2n) is 6.36. The van der Waals surface area contributed by atoms with Gasteiger partial charge in [0.05, 0.1) is 10.0 Å². The standard InChI is InChI=1S/C22H14Cl3NO4/c23-12-1-4-17(24)15(9-12)20-7-8-21(30-20)22(28)26-13-2-5-18(25)16(10-13)19-6-3-14(11-27)29-19/h1-10,27H,11H2,(H,26,28). The lowest BCUT2D eigenvalue weighted by atomic mass is 10.1. The largest absolute Gasteiger partial charge is 0.459 e. The third-order valence-electron chi connectivity index (χ3n) is 4.33. The number of aliphatic hydroxyl groups excluding tert-OH is 1. The molecule has 4 rings (SSSR count). The van der Waals surface area contributed by atoms with E-state index in [4.69, 9.17) is 43.6 Å². The highest BCUT2D eigenvalue weighted by atomic mass is 35.5. The highest BCUT2D eigenvalue weighted by Gasteiger charge is 2.16. The SMILES string of the molecule is O=C(Nc1ccc(Cl)c(-c2ccc(CO)o2)c1)c1ccc(-c2cc(Cl)ccc2Cl)o1. The maximum Gasteiger partial charge on any atom is 0.291 e. The first-order valence-corrected chi connectivity index (χ1v) is 9.94. The lowest BCUT2D eigenvalue weighted by Gasteiger charge is -2.07. The van der Waals surface area contributed by atoms with Crippen LogP contribution >= 0.6 is 34.8 Å². The zero-order valence-electron chi connectivity index (χ0n) is 15.3. The molecule has 2 aromatic heterocycles. The maximum absolute atomic E-state index is 12.6. The van der Waals surface area contributed by atoms with Gasteiger partial charge in [0.25, 0.3) is 5.91 Å². The molecule has 0 unspecified atom stereocenters. The first-order chi connectivity index (χ1) is 14.4. The molecule has 0 fully saturated rings. The number of carbonyl (C=O) groups excluding carboxylic acids is 1. The topological polar surface area (TPSA) is 75.6 Å². The van der Waals surface area contributed by atoms with Crippen molar-refractivity contribution in [2.24, 2.45) is 0 Å². The van der Waals surface area contributed by atoms with E-state index in [0.29, 0.717) is 49.2 Å². The summed E-state index contributed by atoms with van der Waals surface area (Å²) in [4.78, 5) is 12.6. The minimum atomic E-state index is -0.442. The Morgan fingerprint density at radius 3 is 2.23 bits per heavy atom. The van der Waals surface area contributed by atoms with Gasteiger partial charge in [0.15, 0.2) is 5.76 Å². The van der Waals surface area contributed by atoms with E-state index in [0.717, 1.165) is 0 Å². The second kappa shape index (κ2) is 8.58. The van der Waals surface area contributed by atoms with Crippen LogP contribution in [0.4, 0.5) is 5.69 Å². The highest BCUT2D eigenvalue weighted by molar-refractivity contribution is 6.35. The van der Waals surface area contributed by atoms with E-state index in [2.05, 4.69) is 5.32 Å². The van der Waals surface area contributed by atoms with Crippen molar-refractivity contribution in [3.8, 4) is 22.6 Å². The van der Waals surface area contributed by atoms with Gasteiger partial charge in [-0.1, -0.05) is 34.8 Å². The fraction of sp³-hybridized carbons (Fsp3) is 0.0455. The molecule has 0 radical (unpaired) electrons. The van der Waals surface area contributed by atoms with Crippen LogP contribution < -0.4 is 5.32 Å². The first kappa shape index (κ1) is 20.6. The number of benzene rings is 2. The van der Waals surface area contributed by atoms with Crippen LogP contribution in [0.1, 0.15) is 16.3 Å². The first-order valence-electron chi connectivity index (χ1n) is 8.80. The number of halogens is 3. The number of anilines is 1. The van der Waals surface area contributed by atoms with Gasteiger partial charge < -0.3 is 19.3 Å². The summed E-state index contributed by atoms with van der Waals surface area (Å²) >= 11 is 18.5. The summed E-state index contributed by atoms with van der Waals surface area (Å²) in [5.74, 6) is 0.993. The van der Waals surface area contributed by atoms with Crippen molar-refractivity contribution in [1.82, 2.24) is 0 Å². The molecule has 0 bridgehead atoms. The summed E-state index contributed by atoms with van der Waals surface area (Å²) in [5, 5.41) is 13.4. The Bertz CT molecular complexity index is 1230. The second-order valence-corrected chi connectivity index (χ2v) is 7.61. The molecule has 0 atom stereocenters. The molecule has 0 aliphatic carbocycles. The third-order valence-corrected chi connectivity index (χ3v) is 5.23. The Morgan fingerprint density at radius 1 is 0.833 bits per heavy atom. The number of nitrogens with one attached hydrogen (secondary N) is 1. The number of amides is 1. The Balaban J connectivity index is 1.57. The molecule has 5 nitrogen and oxygen atoms in total. The number of carbonyl (C=O) groups is 1. The molecule has 2 heterocycles. The predicted octanol–water partition coefficient (Wildman–Crippen LogP) is 6.91. The lowest BCUT2D eigenvalue weighted by molar-refractivity contribution is 0.0997. The predicted molar refractivity (Wildman–Crippen MR) is 117 cm³/mol. The third kappa shape index (κ3) is 4.25. The Hall–Kier alpha value is -2.70. The minimum absolute atomic E-state index is 0.109. The maximum atomic E-state index is 12.6. The number of furan rings is 2. The van der Waals surface area contributed by atoms with Gasteiger partial charge in [0.1, 0.15) is 23.9 Å². The van der Waals surface area contributed by atoms with Gasteiger partial charge in [-0.3, -0.25) is 4.79 Å². The summed E-state index contributed by atoms with van der Waals surface area (Å²) in [6.45, 7) is -0.217. The molecule has 30 heavy (non-hydrogen) atoms. The quantitative estimate of drug-likeness (QED) is 0.338. The average molecular weight is 463 g/mol. The average Bonchev–Trinajstić information content (AvgIpc) is 3.41. The van der Waals surface area contributed by atoms with Crippen molar-refractivity contribution in [1.29, 1.82) is 0 Å². The van der Waals surface area contributed by atoms with Crippen molar-refractivity contribution in [3.05, 3.63) is 87.3 Å². The molecular formula is C22H14Cl3NO4. The highest BCUT2D eigenvalue weighted by Crippen LogP contribution is 2.34. The minimum Gasteiger partial charge on any atom is -0.459 e. The molecule has 4 aromatic rings. The van der Waals surface area contributed by atoms with Crippen molar-refractivity contribution in [3.63, 3.8) is 0 Å². The Morgan fingerprint density at radius 2 is 1.50 bits per heavy atom. The fourth-order valence-electron chi connectivity index (χ4n) is 2.88. The normalized spacial score (nSPS) is 10.9. The van der Waals surface area contributed by atoms with Crippen LogP contribution in [-0.2, 0) is 6.61 Å². The zero-order valence-corrected chi connectivity index (χ0v) is 17.6. The fourth-order valence-corrected chi connectivity index (χ4v) is 3.48. The van der Waals surface area contributed by atoms with E-state index in [-0.39, 0.29) is 12.4 Å². The lowest BCUT2D eigenvalue weighted by Crippen LogP contribution is -2.10. The molecule has 1 amide bonds. The molecule has 0 saturated carbocycles. The van der Waals surface area contributed by atoms with E-state index in [1.807, 2.05) is 0 Å². The summed E-state index contributed by atoms with van der Waals surface area (Å²) in [6.07, 6.45) is 0. The number of hydrogen-bond donors (Lipinski definition) is 2. The molecule has 0 spiro atoms. The summed E-state index contributed by atoms with van der Waals surface area (Å²) in [7, 11) is 0. The summed E-state index contributed by atoms with van der Waals surface area (Å²) in [5.41, 5.74) is 1.68. The van der Waals surface area contributed by atoms with Crippen molar-refractivity contribution in [2.75, 3.05) is 5.32 Å². The van der Waals surface area contributed by atoms with E-state index in [1.54, 1.807) is 60.7 Å². The molecular weight excluding hydrogens is 449 g/mol. The van der Waals surface area contributed by atoms with Crippen molar-refractivity contribution >= 4 is 46.4 Å². The number of rotatable bonds is 5. The molecule has 0 aliphatic heterocycles. The van der Waals surface area contributed by atoms with Gasteiger partial charge in [-0.2, -0.15) is 0 Å². The van der Waals surface area contributed by atoms with Gasteiger partial charge in [-0.05, 0) is 60.7 Å². The van der Waals surface area contributed by atoms with Crippen LogP contribution in [0.2, 0.25) is 15.1 Å². The monoisotopic (exact) mass is 461 g/mol. The Labute approximate surface area is 186 Å². The smallest absolute Gasteiger partial charge is 0.291 e. The number of hydrogen-bond acceptors (Lipinski definition) is 4. The summed E-state index contributed by atoms with van der Waals surface area (Å²) < 4.78 is 11.2. The molecule has 0 saturated heterocycles. The van der Waals surface area contributed by atoms with Crippen molar-refractivity contribution in [2.45, 2.75) is 6.61 Å². The van der Waals surface area contributed by atoms with Gasteiger partial charge in [0.2, 0.25) is 0 Å². The van der Waals surface area contributed by atoms with Gasteiger partial charge in [-0.25, -0.2) is 0 Å². The molecule has 152 valence electrons. The van der Waals surface area contributed by atoms with Crippen LogP contribution in [0, 0.1) is 0 Å². The van der Waals surface area contributed by atoms with E-state index in [9.17, 15) is 9.90 Å². The molecule has 0 aliphatic rings. The van der Waals surface area contributed by atoms with E-state index in [1.165, 1.54) is 0 Å². The van der Waals surface area contributed by atoms with Crippen LogP contribution in [0.5, 0.6) is 0 Å². The van der Waals surface area contributed by atoms with Crippen LogP contribution in [-0.4, -0.2) is 11.0 Å². The molecule has 8 heteroatoms. The zero-order chi connectivity index (χ0) is 21.3. The Kier molecular flexibility index (Phi) is 5.88. The molecule has 2 N–H and O–H groups in total. The van der Waals surface area contributed by atoms with Crippen LogP contribution in [0.25, 0.3) is 22.6 Å². The van der Waals surface area contributed by atoms with Gasteiger partial charge in [0, 0.05) is 21.8 Å². The number of aliphatic hydroxyl groups is 1.